The number of nitrogens with zero attached hydrogens (tertiary/aromatic N) is 2. The monoisotopic (exact) mass is 263 g/mol. The topological polar surface area (TPSA) is 29.9 Å². The van der Waals surface area contributed by atoms with Crippen LogP contribution in [0.15, 0.2) is 12.4 Å². The first kappa shape index (κ1) is 14.6. The number of hydrogen-bond acceptors (Lipinski definition) is 2. The number of rotatable bonds is 7. The normalized spacial score (nSPS) is 24.8. The van der Waals surface area contributed by atoms with Crippen LogP contribution in [0.1, 0.15) is 52.3 Å². The Morgan fingerprint density at radius 1 is 1.42 bits per heavy atom. The standard InChI is InChI=1S/C16H29N3/c1-4-10-19-11-9-18-16(19)12-15(17-5-2)14-8-6-7-13(14)3/h9,11,13-15,17H,4-8,10,12H2,1-3H3. The fourth-order valence-electron chi connectivity index (χ4n) is 3.58. The first-order valence-electron chi connectivity index (χ1n) is 7.99. The van der Waals surface area contributed by atoms with Crippen LogP contribution in [0, 0.1) is 11.8 Å². The molecule has 1 aliphatic carbocycles. The summed E-state index contributed by atoms with van der Waals surface area (Å²) >= 11 is 0. The van der Waals surface area contributed by atoms with Crippen LogP contribution in [-0.2, 0) is 13.0 Å². The van der Waals surface area contributed by atoms with Crippen molar-refractivity contribution in [3.8, 4) is 0 Å². The van der Waals surface area contributed by atoms with Gasteiger partial charge in [0, 0.05) is 31.4 Å². The highest BCUT2D eigenvalue weighted by Crippen LogP contribution is 2.34. The third kappa shape index (κ3) is 3.59. The minimum Gasteiger partial charge on any atom is -0.335 e. The Morgan fingerprint density at radius 2 is 2.26 bits per heavy atom. The van der Waals surface area contributed by atoms with Gasteiger partial charge < -0.3 is 9.88 Å². The molecule has 1 saturated carbocycles. The number of hydrogen-bond donors (Lipinski definition) is 1. The first-order valence-corrected chi connectivity index (χ1v) is 7.99. The highest BCUT2D eigenvalue weighted by molar-refractivity contribution is 4.98. The number of likely N-dealkylation sites (N-methyl/N-ethyl adjacent to an activating group) is 1. The van der Waals surface area contributed by atoms with E-state index in [0.717, 1.165) is 31.3 Å². The maximum absolute atomic E-state index is 4.58. The average molecular weight is 263 g/mol. The summed E-state index contributed by atoms with van der Waals surface area (Å²) in [6.07, 6.45) is 10.5. The van der Waals surface area contributed by atoms with Crippen molar-refractivity contribution in [3.63, 3.8) is 0 Å². The van der Waals surface area contributed by atoms with E-state index in [2.05, 4.69) is 41.8 Å². The molecule has 0 spiro atoms. The fraction of sp³-hybridized carbons (Fsp3) is 0.812. The van der Waals surface area contributed by atoms with E-state index < -0.39 is 0 Å². The van der Waals surface area contributed by atoms with E-state index in [9.17, 15) is 0 Å². The molecule has 1 aromatic rings. The van der Waals surface area contributed by atoms with Gasteiger partial charge in [0.1, 0.15) is 5.82 Å². The summed E-state index contributed by atoms with van der Waals surface area (Å²) < 4.78 is 2.32. The summed E-state index contributed by atoms with van der Waals surface area (Å²) in [4.78, 5) is 4.58. The Labute approximate surface area is 117 Å². The average Bonchev–Trinajstić information content (AvgIpc) is 2.99. The van der Waals surface area contributed by atoms with Gasteiger partial charge >= 0.3 is 0 Å². The van der Waals surface area contributed by atoms with E-state index in [4.69, 9.17) is 0 Å². The molecule has 1 aromatic heterocycles. The van der Waals surface area contributed by atoms with Gasteiger partial charge in [-0.25, -0.2) is 4.98 Å². The maximum Gasteiger partial charge on any atom is 0.110 e. The molecule has 3 nitrogen and oxygen atoms in total. The van der Waals surface area contributed by atoms with Gasteiger partial charge in [-0.05, 0) is 31.2 Å². The Morgan fingerprint density at radius 3 is 2.89 bits per heavy atom. The van der Waals surface area contributed by atoms with Crippen LogP contribution >= 0.6 is 0 Å². The zero-order valence-corrected chi connectivity index (χ0v) is 12.7. The van der Waals surface area contributed by atoms with Crippen LogP contribution < -0.4 is 5.32 Å². The van der Waals surface area contributed by atoms with Gasteiger partial charge in [-0.3, -0.25) is 0 Å². The molecule has 0 aromatic carbocycles. The lowest BCUT2D eigenvalue weighted by Crippen LogP contribution is -2.39. The van der Waals surface area contributed by atoms with Gasteiger partial charge in [-0.1, -0.05) is 33.6 Å². The minimum atomic E-state index is 0.598. The molecule has 19 heavy (non-hydrogen) atoms. The second kappa shape index (κ2) is 7.09. The Hall–Kier alpha value is -0.830. The Bertz CT molecular complexity index is 372. The first-order chi connectivity index (χ1) is 9.26. The van der Waals surface area contributed by atoms with Crippen LogP contribution in [-0.4, -0.2) is 22.1 Å². The lowest BCUT2D eigenvalue weighted by atomic mass is 9.88. The van der Waals surface area contributed by atoms with Crippen molar-refractivity contribution >= 4 is 0 Å². The van der Waals surface area contributed by atoms with Crippen molar-refractivity contribution in [1.82, 2.24) is 14.9 Å². The van der Waals surface area contributed by atoms with Crippen molar-refractivity contribution in [3.05, 3.63) is 18.2 Å². The molecular weight excluding hydrogens is 234 g/mol. The molecular formula is C16H29N3. The Kier molecular flexibility index (Phi) is 5.44. The van der Waals surface area contributed by atoms with Gasteiger partial charge in [0.2, 0.25) is 0 Å². The minimum absolute atomic E-state index is 0.598. The summed E-state index contributed by atoms with van der Waals surface area (Å²) in [6, 6.07) is 0.598. The molecule has 1 aliphatic rings. The van der Waals surface area contributed by atoms with E-state index in [-0.39, 0.29) is 0 Å². The molecule has 3 unspecified atom stereocenters. The summed E-state index contributed by atoms with van der Waals surface area (Å²) in [6.45, 7) is 9.01. The van der Waals surface area contributed by atoms with Crippen LogP contribution in [0.4, 0.5) is 0 Å². The molecule has 1 fully saturated rings. The van der Waals surface area contributed by atoms with E-state index in [1.807, 2.05) is 6.20 Å². The lowest BCUT2D eigenvalue weighted by molar-refractivity contribution is 0.293. The number of nitrogens with one attached hydrogen (secondary N) is 1. The molecule has 1 N–H and O–H groups in total. The maximum atomic E-state index is 4.58. The van der Waals surface area contributed by atoms with Crippen LogP contribution in [0.5, 0.6) is 0 Å². The van der Waals surface area contributed by atoms with Crippen LogP contribution in [0.3, 0.4) is 0 Å². The molecule has 0 aliphatic heterocycles. The molecule has 0 amide bonds. The van der Waals surface area contributed by atoms with E-state index in [1.54, 1.807) is 0 Å². The zero-order valence-electron chi connectivity index (χ0n) is 12.7. The van der Waals surface area contributed by atoms with E-state index in [0.29, 0.717) is 6.04 Å². The SMILES string of the molecule is CCCn1ccnc1CC(NCC)C1CCCC1C. The number of aromatic nitrogens is 2. The van der Waals surface area contributed by atoms with Crippen molar-refractivity contribution in [2.75, 3.05) is 6.54 Å². The van der Waals surface area contributed by atoms with Gasteiger partial charge in [-0.2, -0.15) is 0 Å². The van der Waals surface area contributed by atoms with Crippen molar-refractivity contribution in [2.24, 2.45) is 11.8 Å². The van der Waals surface area contributed by atoms with Gasteiger partial charge in [0.15, 0.2) is 0 Å². The van der Waals surface area contributed by atoms with Crippen molar-refractivity contribution in [1.29, 1.82) is 0 Å². The predicted octanol–water partition coefficient (Wildman–Crippen LogP) is 3.25. The third-order valence-electron chi connectivity index (χ3n) is 4.58. The Balaban J connectivity index is 2.05. The van der Waals surface area contributed by atoms with E-state index in [1.165, 1.54) is 31.5 Å². The van der Waals surface area contributed by atoms with Crippen LogP contribution in [0.2, 0.25) is 0 Å². The fourth-order valence-corrected chi connectivity index (χ4v) is 3.58. The molecule has 0 saturated heterocycles. The summed E-state index contributed by atoms with van der Waals surface area (Å²) in [5, 5.41) is 3.71. The quantitative estimate of drug-likeness (QED) is 0.818. The lowest BCUT2D eigenvalue weighted by Gasteiger charge is -2.27. The van der Waals surface area contributed by atoms with Gasteiger partial charge in [0.05, 0.1) is 0 Å². The summed E-state index contributed by atoms with van der Waals surface area (Å²) in [5.74, 6) is 2.94. The van der Waals surface area contributed by atoms with Crippen molar-refractivity contribution < 1.29 is 0 Å². The molecule has 1 heterocycles. The second-order valence-electron chi connectivity index (χ2n) is 5.98. The molecule has 108 valence electrons. The zero-order chi connectivity index (χ0) is 13.7. The highest BCUT2D eigenvalue weighted by Gasteiger charge is 2.31. The molecule has 3 atom stereocenters. The van der Waals surface area contributed by atoms with Crippen molar-refractivity contribution in [2.45, 2.75) is 65.5 Å². The number of imidazole rings is 1. The smallest absolute Gasteiger partial charge is 0.110 e. The second-order valence-corrected chi connectivity index (χ2v) is 5.98. The largest absolute Gasteiger partial charge is 0.335 e. The third-order valence-corrected chi connectivity index (χ3v) is 4.58. The molecule has 0 radical (unpaired) electrons. The molecule has 0 bridgehead atoms. The summed E-state index contributed by atoms with van der Waals surface area (Å²) in [5.41, 5.74) is 0. The van der Waals surface area contributed by atoms with Gasteiger partial charge in [0.25, 0.3) is 0 Å². The number of aryl methyl sites for hydroxylation is 1. The predicted molar refractivity (Wildman–Crippen MR) is 80.2 cm³/mol. The molecule has 2 rings (SSSR count). The van der Waals surface area contributed by atoms with Crippen LogP contribution in [0.25, 0.3) is 0 Å². The molecule has 3 heteroatoms. The van der Waals surface area contributed by atoms with E-state index >= 15 is 0 Å². The highest BCUT2D eigenvalue weighted by atomic mass is 15.1. The summed E-state index contributed by atoms with van der Waals surface area (Å²) in [7, 11) is 0. The van der Waals surface area contributed by atoms with Gasteiger partial charge in [-0.15, -0.1) is 0 Å².